The molecule has 1 aliphatic rings. The molecule has 0 radical (unpaired) electrons. The lowest BCUT2D eigenvalue weighted by molar-refractivity contribution is -0.114. The van der Waals surface area contributed by atoms with E-state index in [1.165, 1.54) is 0 Å². The highest BCUT2D eigenvalue weighted by Crippen LogP contribution is 2.52. The summed E-state index contributed by atoms with van der Waals surface area (Å²) in [7, 11) is 0. The Morgan fingerprint density at radius 3 is 1.84 bits per heavy atom. The van der Waals surface area contributed by atoms with Crippen molar-refractivity contribution in [2.75, 3.05) is 4.90 Å². The lowest BCUT2D eigenvalue weighted by Crippen LogP contribution is -2.45. The van der Waals surface area contributed by atoms with Gasteiger partial charge in [0.2, 0.25) is 0 Å². The number of carbonyl (C=O) groups is 1. The average Bonchev–Trinajstić information content (AvgIpc) is 3.01. The van der Waals surface area contributed by atoms with Crippen molar-refractivity contribution >= 4 is 11.6 Å². The number of para-hydroxylation sites is 1. The first-order chi connectivity index (χ1) is 15.0. The molecule has 31 heavy (non-hydrogen) atoms. The molecular formula is C27H23NO3. The van der Waals surface area contributed by atoms with Gasteiger partial charge in [-0.15, -0.1) is 0 Å². The third-order valence-corrected chi connectivity index (χ3v) is 5.55. The number of rotatable bonds is 4. The summed E-state index contributed by atoms with van der Waals surface area (Å²) in [6.45, 7) is 6.05. The third kappa shape index (κ3) is 3.22. The first-order valence-corrected chi connectivity index (χ1v) is 10.0. The molecule has 1 amide bonds. The number of phenols is 2. The van der Waals surface area contributed by atoms with Crippen LogP contribution in [0.2, 0.25) is 0 Å². The monoisotopic (exact) mass is 409 g/mol. The van der Waals surface area contributed by atoms with E-state index in [1.54, 1.807) is 29.2 Å². The second-order valence-electron chi connectivity index (χ2n) is 7.36. The second-order valence-corrected chi connectivity index (χ2v) is 7.36. The van der Waals surface area contributed by atoms with Gasteiger partial charge in [0, 0.05) is 11.3 Å². The van der Waals surface area contributed by atoms with Crippen LogP contribution in [0.25, 0.3) is 0 Å². The molecule has 0 saturated carbocycles. The Labute approximate surface area is 181 Å². The highest BCUT2D eigenvalue weighted by molar-refractivity contribution is 6.15. The molecular weight excluding hydrogens is 386 g/mol. The fourth-order valence-corrected chi connectivity index (χ4v) is 4.18. The van der Waals surface area contributed by atoms with Gasteiger partial charge in [-0.05, 0) is 60.0 Å². The van der Waals surface area contributed by atoms with E-state index in [0.717, 1.165) is 22.4 Å². The van der Waals surface area contributed by atoms with E-state index in [4.69, 9.17) is 0 Å². The Balaban J connectivity index is 2.14. The van der Waals surface area contributed by atoms with E-state index < -0.39 is 5.54 Å². The summed E-state index contributed by atoms with van der Waals surface area (Å²) in [4.78, 5) is 15.4. The number of nitrogens with zero attached hydrogens (tertiary/aromatic N) is 1. The highest BCUT2D eigenvalue weighted by Gasteiger charge is 2.54. The molecule has 0 unspecified atom stereocenters. The summed E-state index contributed by atoms with van der Waals surface area (Å²) in [5, 5.41) is 19.9. The summed E-state index contributed by atoms with van der Waals surface area (Å²) in [5.41, 5.74) is 2.40. The Morgan fingerprint density at radius 2 is 1.35 bits per heavy atom. The summed E-state index contributed by atoms with van der Waals surface area (Å²) < 4.78 is 0. The molecule has 3 aromatic rings. The smallest absolute Gasteiger partial charge is 0.259 e. The van der Waals surface area contributed by atoms with Crippen LogP contribution in [0.1, 0.15) is 18.1 Å². The van der Waals surface area contributed by atoms with Crippen LogP contribution in [0.3, 0.4) is 0 Å². The molecule has 1 aliphatic heterocycles. The normalized spacial score (nSPS) is 17.1. The largest absolute Gasteiger partial charge is 0.508 e. The number of hydrogen-bond donors (Lipinski definition) is 2. The Kier molecular flexibility index (Phi) is 5.22. The molecule has 0 aromatic heterocycles. The Morgan fingerprint density at radius 1 is 0.839 bits per heavy atom. The summed E-state index contributed by atoms with van der Waals surface area (Å²) in [6, 6.07) is 23.1. The molecule has 4 heteroatoms. The van der Waals surface area contributed by atoms with Gasteiger partial charge in [-0.2, -0.15) is 0 Å². The van der Waals surface area contributed by atoms with Crippen molar-refractivity contribution in [3.05, 3.63) is 126 Å². The second kappa shape index (κ2) is 8.00. The van der Waals surface area contributed by atoms with Crippen molar-refractivity contribution in [1.82, 2.24) is 0 Å². The van der Waals surface area contributed by atoms with Crippen LogP contribution < -0.4 is 4.90 Å². The SMILES string of the molecule is C=C1C(=O)N(c2ccccc2)C(c2ccc(O)cc2)(c2ccc(O)cc2)/C1=C/C=C\C. The molecule has 0 bridgehead atoms. The minimum absolute atomic E-state index is 0.137. The molecule has 0 atom stereocenters. The first kappa shape index (κ1) is 20.2. The maximum atomic E-state index is 13.6. The number of phenolic OH excluding ortho intramolecular Hbond substituents is 2. The lowest BCUT2D eigenvalue weighted by Gasteiger charge is -2.40. The predicted molar refractivity (Wildman–Crippen MR) is 123 cm³/mol. The van der Waals surface area contributed by atoms with Gasteiger partial charge in [-0.3, -0.25) is 9.69 Å². The van der Waals surface area contributed by atoms with Crippen LogP contribution in [0.5, 0.6) is 11.5 Å². The number of anilines is 1. The van der Waals surface area contributed by atoms with Gasteiger partial charge in [0.05, 0.1) is 0 Å². The molecule has 3 aromatic carbocycles. The lowest BCUT2D eigenvalue weighted by atomic mass is 9.75. The van der Waals surface area contributed by atoms with Gasteiger partial charge in [-0.25, -0.2) is 0 Å². The molecule has 0 aliphatic carbocycles. The average molecular weight is 409 g/mol. The highest BCUT2D eigenvalue weighted by atomic mass is 16.3. The van der Waals surface area contributed by atoms with Gasteiger partial charge < -0.3 is 10.2 Å². The quantitative estimate of drug-likeness (QED) is 0.564. The van der Waals surface area contributed by atoms with Crippen molar-refractivity contribution in [1.29, 1.82) is 0 Å². The van der Waals surface area contributed by atoms with Crippen molar-refractivity contribution < 1.29 is 15.0 Å². The zero-order valence-corrected chi connectivity index (χ0v) is 17.2. The minimum Gasteiger partial charge on any atom is -0.508 e. The van der Waals surface area contributed by atoms with Gasteiger partial charge in [-0.1, -0.05) is 67.3 Å². The van der Waals surface area contributed by atoms with Crippen LogP contribution in [-0.2, 0) is 10.3 Å². The maximum Gasteiger partial charge on any atom is 0.259 e. The van der Waals surface area contributed by atoms with Crippen molar-refractivity contribution in [3.63, 3.8) is 0 Å². The molecule has 1 saturated heterocycles. The maximum absolute atomic E-state index is 13.6. The van der Waals surface area contributed by atoms with Crippen LogP contribution in [0, 0.1) is 0 Å². The van der Waals surface area contributed by atoms with Crippen molar-refractivity contribution in [2.45, 2.75) is 12.5 Å². The van der Waals surface area contributed by atoms with Crippen LogP contribution in [0.4, 0.5) is 5.69 Å². The van der Waals surface area contributed by atoms with Gasteiger partial charge in [0.25, 0.3) is 5.91 Å². The summed E-state index contributed by atoms with van der Waals surface area (Å²) >= 11 is 0. The predicted octanol–water partition coefficient (Wildman–Crippen LogP) is 5.45. The first-order valence-electron chi connectivity index (χ1n) is 10.0. The number of amides is 1. The molecule has 1 heterocycles. The molecule has 4 nitrogen and oxygen atoms in total. The van der Waals surface area contributed by atoms with E-state index in [1.807, 2.05) is 79.7 Å². The van der Waals surface area contributed by atoms with Crippen molar-refractivity contribution in [2.24, 2.45) is 0 Å². The van der Waals surface area contributed by atoms with E-state index in [9.17, 15) is 15.0 Å². The van der Waals surface area contributed by atoms with E-state index in [-0.39, 0.29) is 17.4 Å². The van der Waals surface area contributed by atoms with E-state index in [0.29, 0.717) is 5.57 Å². The number of aromatic hydroxyl groups is 2. The molecule has 0 spiro atoms. The van der Waals surface area contributed by atoms with Crippen LogP contribution in [0.15, 0.2) is 115 Å². The number of benzene rings is 3. The van der Waals surface area contributed by atoms with Gasteiger partial charge in [0.1, 0.15) is 17.0 Å². The fourth-order valence-electron chi connectivity index (χ4n) is 4.18. The molecule has 1 fully saturated rings. The Bertz CT molecular complexity index is 1130. The zero-order chi connectivity index (χ0) is 22.0. The fraction of sp³-hybridized carbons (Fsp3) is 0.0741. The summed E-state index contributed by atoms with van der Waals surface area (Å²) in [6.07, 6.45) is 5.69. The molecule has 2 N–H and O–H groups in total. The number of allylic oxidation sites excluding steroid dienone is 3. The van der Waals surface area contributed by atoms with Gasteiger partial charge >= 0.3 is 0 Å². The topological polar surface area (TPSA) is 60.8 Å². The standard InChI is InChI=1S/C27H23NO3/c1-3-4-10-25-19(2)26(31)28(22-8-6-5-7-9-22)27(25,20-11-15-23(29)16-12-20)21-13-17-24(30)18-14-21/h3-18,29-30H,2H2,1H3/b4-3-,25-10+. The van der Waals surface area contributed by atoms with Crippen LogP contribution in [-0.4, -0.2) is 16.1 Å². The van der Waals surface area contributed by atoms with E-state index in [2.05, 4.69) is 6.58 Å². The molecule has 154 valence electrons. The van der Waals surface area contributed by atoms with Crippen LogP contribution >= 0.6 is 0 Å². The third-order valence-electron chi connectivity index (χ3n) is 5.55. The number of hydrogen-bond acceptors (Lipinski definition) is 3. The summed E-state index contributed by atoms with van der Waals surface area (Å²) in [5.74, 6) is 0.0686. The zero-order valence-electron chi connectivity index (χ0n) is 17.2. The van der Waals surface area contributed by atoms with E-state index >= 15 is 0 Å². The number of carbonyl (C=O) groups excluding carboxylic acids is 1. The minimum atomic E-state index is -1.03. The Hall–Kier alpha value is -4.05. The van der Waals surface area contributed by atoms with Gasteiger partial charge in [0.15, 0.2) is 0 Å². The molecule has 4 rings (SSSR count). The van der Waals surface area contributed by atoms with Crippen molar-refractivity contribution in [3.8, 4) is 11.5 Å².